The number of ether oxygens (including phenoxy) is 1. The largest absolute Gasteiger partial charge is 0.480 e. The van der Waals surface area contributed by atoms with E-state index in [4.69, 9.17) is 9.84 Å². The molecule has 0 saturated carbocycles. The molecule has 0 saturated heterocycles. The Balaban J connectivity index is 4.24. The van der Waals surface area contributed by atoms with Gasteiger partial charge in [0.05, 0.1) is 12.5 Å². The maximum atomic E-state index is 11.3. The molecule has 0 spiro atoms. The zero-order valence-electron chi connectivity index (χ0n) is 9.10. The SMILES string of the molecule is COC(C)CC(=O)NC(CC(=O)S)C(=O)O. The van der Waals surface area contributed by atoms with Crippen LogP contribution in [0, 0.1) is 0 Å². The second-order valence-corrected chi connectivity index (χ2v) is 3.81. The molecule has 0 bridgehead atoms. The van der Waals surface area contributed by atoms with Gasteiger partial charge in [-0.25, -0.2) is 4.79 Å². The molecule has 0 aliphatic carbocycles. The molecule has 7 heteroatoms. The number of carbonyl (C=O) groups is 3. The van der Waals surface area contributed by atoms with Crippen LogP contribution in [0.4, 0.5) is 0 Å². The fourth-order valence-electron chi connectivity index (χ4n) is 0.972. The summed E-state index contributed by atoms with van der Waals surface area (Å²) in [6.07, 6.45) is -0.604. The summed E-state index contributed by atoms with van der Waals surface area (Å²) in [5.41, 5.74) is 0. The van der Waals surface area contributed by atoms with Gasteiger partial charge in [-0.1, -0.05) is 0 Å². The summed E-state index contributed by atoms with van der Waals surface area (Å²) in [7, 11) is 1.45. The lowest BCUT2D eigenvalue weighted by atomic mass is 10.2. The van der Waals surface area contributed by atoms with Crippen molar-refractivity contribution in [3.8, 4) is 0 Å². The van der Waals surface area contributed by atoms with Crippen molar-refractivity contribution < 1.29 is 24.2 Å². The number of thiol groups is 1. The fraction of sp³-hybridized carbons (Fsp3) is 0.667. The van der Waals surface area contributed by atoms with Crippen LogP contribution >= 0.6 is 12.6 Å². The standard InChI is InChI=1S/C9H15NO5S/c1-5(15-2)3-7(11)10-6(9(13)14)4-8(12)16/h5-6H,3-4H2,1-2H3,(H,10,11)(H,12,16)(H,13,14). The molecule has 92 valence electrons. The third kappa shape index (κ3) is 6.41. The first kappa shape index (κ1) is 14.9. The molecule has 2 unspecified atom stereocenters. The Labute approximate surface area is 98.8 Å². The first-order valence-corrected chi connectivity index (χ1v) is 5.08. The molecule has 0 rings (SSSR count). The predicted molar refractivity (Wildman–Crippen MR) is 59.3 cm³/mol. The van der Waals surface area contributed by atoms with E-state index in [0.29, 0.717) is 0 Å². The number of aliphatic carboxylic acids is 1. The van der Waals surface area contributed by atoms with Crippen LogP contribution in [0.5, 0.6) is 0 Å². The molecule has 0 aromatic heterocycles. The van der Waals surface area contributed by atoms with E-state index in [0.717, 1.165) is 0 Å². The topological polar surface area (TPSA) is 92.7 Å². The van der Waals surface area contributed by atoms with Gasteiger partial charge < -0.3 is 15.2 Å². The molecule has 0 heterocycles. The molecular weight excluding hydrogens is 234 g/mol. The van der Waals surface area contributed by atoms with Crippen molar-refractivity contribution in [2.45, 2.75) is 31.9 Å². The Kier molecular flexibility index (Phi) is 6.75. The number of carbonyl (C=O) groups excluding carboxylic acids is 2. The van der Waals surface area contributed by atoms with E-state index in [9.17, 15) is 14.4 Å². The van der Waals surface area contributed by atoms with Gasteiger partial charge in [-0.15, -0.1) is 12.6 Å². The number of amides is 1. The monoisotopic (exact) mass is 249 g/mol. The molecule has 0 aliphatic rings. The zero-order valence-corrected chi connectivity index (χ0v) is 9.99. The predicted octanol–water partition coefficient (Wildman–Crippen LogP) is -0.173. The molecular formula is C9H15NO5S. The molecule has 6 nitrogen and oxygen atoms in total. The smallest absolute Gasteiger partial charge is 0.326 e. The van der Waals surface area contributed by atoms with Crippen LogP contribution in [-0.4, -0.2) is 41.4 Å². The summed E-state index contributed by atoms with van der Waals surface area (Å²) in [5.74, 6) is -1.74. The summed E-state index contributed by atoms with van der Waals surface area (Å²) >= 11 is 3.46. The molecule has 2 atom stereocenters. The van der Waals surface area contributed by atoms with Gasteiger partial charge in [0, 0.05) is 13.5 Å². The van der Waals surface area contributed by atoms with Crippen LogP contribution in [-0.2, 0) is 19.1 Å². The van der Waals surface area contributed by atoms with Gasteiger partial charge in [0.2, 0.25) is 5.91 Å². The van der Waals surface area contributed by atoms with E-state index >= 15 is 0 Å². The molecule has 2 N–H and O–H groups in total. The van der Waals surface area contributed by atoms with Gasteiger partial charge in [-0.05, 0) is 6.92 Å². The quantitative estimate of drug-likeness (QED) is 0.545. The number of methoxy groups -OCH3 is 1. The highest BCUT2D eigenvalue weighted by atomic mass is 32.1. The van der Waals surface area contributed by atoms with Gasteiger partial charge in [0.1, 0.15) is 6.04 Å². The fourth-order valence-corrected chi connectivity index (χ4v) is 1.15. The van der Waals surface area contributed by atoms with E-state index in [2.05, 4.69) is 17.9 Å². The summed E-state index contributed by atoms with van der Waals surface area (Å²) in [4.78, 5) is 32.7. The Bertz CT molecular complexity index is 281. The average molecular weight is 249 g/mol. The van der Waals surface area contributed by atoms with Crippen LogP contribution in [0.1, 0.15) is 19.8 Å². The Morgan fingerprint density at radius 3 is 2.31 bits per heavy atom. The van der Waals surface area contributed by atoms with Crippen molar-refractivity contribution in [1.82, 2.24) is 5.32 Å². The first-order chi connectivity index (χ1) is 7.36. The first-order valence-electron chi connectivity index (χ1n) is 4.63. The zero-order chi connectivity index (χ0) is 12.7. The van der Waals surface area contributed by atoms with Crippen molar-refractivity contribution in [2.24, 2.45) is 0 Å². The third-order valence-corrected chi connectivity index (χ3v) is 2.07. The maximum absolute atomic E-state index is 11.3. The van der Waals surface area contributed by atoms with E-state index in [1.54, 1.807) is 6.92 Å². The molecule has 16 heavy (non-hydrogen) atoms. The van der Waals surface area contributed by atoms with E-state index in [-0.39, 0.29) is 18.9 Å². The number of hydrogen-bond donors (Lipinski definition) is 3. The third-order valence-electron chi connectivity index (χ3n) is 1.89. The van der Waals surface area contributed by atoms with E-state index < -0.39 is 23.0 Å². The highest BCUT2D eigenvalue weighted by Gasteiger charge is 2.22. The molecule has 0 fully saturated rings. The van der Waals surface area contributed by atoms with Crippen LogP contribution < -0.4 is 5.32 Å². The van der Waals surface area contributed by atoms with Crippen LogP contribution in [0.15, 0.2) is 0 Å². The number of hydrogen-bond acceptors (Lipinski definition) is 4. The van der Waals surface area contributed by atoms with Gasteiger partial charge in [-0.2, -0.15) is 0 Å². The normalized spacial score (nSPS) is 13.9. The van der Waals surface area contributed by atoms with E-state index in [1.807, 2.05) is 0 Å². The molecule has 0 aromatic carbocycles. The van der Waals surface area contributed by atoms with Gasteiger partial charge in [0.15, 0.2) is 5.12 Å². The lowest BCUT2D eigenvalue weighted by Gasteiger charge is -2.14. The maximum Gasteiger partial charge on any atom is 0.326 e. The minimum atomic E-state index is -1.26. The number of carboxylic acid groups (broad SMARTS) is 1. The van der Waals surface area contributed by atoms with Gasteiger partial charge in [-0.3, -0.25) is 9.59 Å². The second kappa shape index (κ2) is 7.24. The van der Waals surface area contributed by atoms with Gasteiger partial charge >= 0.3 is 5.97 Å². The minimum Gasteiger partial charge on any atom is -0.480 e. The van der Waals surface area contributed by atoms with Crippen molar-refractivity contribution in [3.05, 3.63) is 0 Å². The highest BCUT2D eigenvalue weighted by Crippen LogP contribution is 2.00. The molecule has 0 aliphatic heterocycles. The lowest BCUT2D eigenvalue weighted by molar-refractivity contribution is -0.143. The number of carboxylic acids is 1. The van der Waals surface area contributed by atoms with E-state index in [1.165, 1.54) is 7.11 Å². The molecule has 1 amide bonds. The molecule has 0 aromatic rings. The van der Waals surface area contributed by atoms with Crippen LogP contribution in [0.2, 0.25) is 0 Å². The highest BCUT2D eigenvalue weighted by molar-refractivity contribution is 7.96. The molecule has 0 radical (unpaired) electrons. The Morgan fingerprint density at radius 2 is 1.94 bits per heavy atom. The summed E-state index contributed by atoms with van der Waals surface area (Å²) in [6, 6.07) is -1.23. The Morgan fingerprint density at radius 1 is 1.38 bits per heavy atom. The van der Waals surface area contributed by atoms with Crippen LogP contribution in [0.3, 0.4) is 0 Å². The second-order valence-electron chi connectivity index (χ2n) is 3.31. The van der Waals surface area contributed by atoms with Crippen LogP contribution in [0.25, 0.3) is 0 Å². The minimum absolute atomic E-state index is 0.0427. The number of rotatable bonds is 7. The average Bonchev–Trinajstić information content (AvgIpc) is 2.15. The van der Waals surface area contributed by atoms with Crippen molar-refractivity contribution in [1.29, 1.82) is 0 Å². The van der Waals surface area contributed by atoms with Crippen molar-refractivity contribution in [3.63, 3.8) is 0 Å². The Hall–Kier alpha value is -1.08. The number of nitrogens with one attached hydrogen (secondary N) is 1. The van der Waals surface area contributed by atoms with Crippen molar-refractivity contribution >= 4 is 29.6 Å². The summed E-state index contributed by atoms with van der Waals surface area (Å²) in [5, 5.41) is 10.4. The van der Waals surface area contributed by atoms with Gasteiger partial charge in [0.25, 0.3) is 0 Å². The van der Waals surface area contributed by atoms with Crippen molar-refractivity contribution in [2.75, 3.05) is 7.11 Å². The lowest BCUT2D eigenvalue weighted by Crippen LogP contribution is -2.42. The summed E-state index contributed by atoms with van der Waals surface area (Å²) < 4.78 is 4.85. The summed E-state index contributed by atoms with van der Waals surface area (Å²) in [6.45, 7) is 1.68.